The molecule has 0 aromatic carbocycles. The molecule has 0 aliphatic carbocycles. The quantitative estimate of drug-likeness (QED) is 0.685. The molecule has 0 aliphatic rings. The first-order valence-electron chi connectivity index (χ1n) is 6.94. The van der Waals surface area contributed by atoms with Gasteiger partial charge in [-0.25, -0.2) is 0 Å². The lowest BCUT2D eigenvalue weighted by atomic mass is 10.5. The first-order valence-corrected chi connectivity index (χ1v) is 8.87. The predicted molar refractivity (Wildman–Crippen MR) is 79.9 cm³/mol. The van der Waals surface area contributed by atoms with Crippen molar-refractivity contribution in [2.24, 2.45) is 5.73 Å². The molecular weight excluding hydrogens is 260 g/mol. The van der Waals surface area contributed by atoms with Crippen LogP contribution in [0.3, 0.4) is 0 Å². The molecule has 0 radical (unpaired) electrons. The number of aromatic nitrogens is 1. The van der Waals surface area contributed by atoms with Crippen LogP contribution in [0.1, 0.15) is 27.2 Å². The maximum atomic E-state index is 5.65. The van der Waals surface area contributed by atoms with E-state index in [4.69, 9.17) is 19.0 Å². The van der Waals surface area contributed by atoms with Crippen LogP contribution in [0.5, 0.6) is 0 Å². The molecule has 1 rings (SSSR count). The molecule has 1 heterocycles. The molecule has 6 heteroatoms. The summed E-state index contributed by atoms with van der Waals surface area (Å²) in [6.07, 6.45) is 4.65. The van der Waals surface area contributed by atoms with Crippen molar-refractivity contribution in [2.75, 3.05) is 26.4 Å². The van der Waals surface area contributed by atoms with E-state index in [-0.39, 0.29) is 0 Å². The van der Waals surface area contributed by atoms with Gasteiger partial charge in [-0.1, -0.05) is 0 Å². The molecular formula is C13H28N2O3Si. The molecule has 5 nitrogen and oxygen atoms in total. The summed E-state index contributed by atoms with van der Waals surface area (Å²) < 4.78 is 17.0. The Hall–Kier alpha value is -0.663. The molecule has 3 N–H and O–H groups in total. The third-order valence-corrected chi connectivity index (χ3v) is 5.43. The average Bonchev–Trinajstić information content (AvgIpc) is 2.96. The number of nitrogens with one attached hydrogen (secondary N) is 1. The predicted octanol–water partition coefficient (Wildman–Crippen LogP) is 2.40. The number of hydrogen-bond donors (Lipinski definition) is 2. The van der Waals surface area contributed by atoms with E-state index in [1.165, 1.54) is 0 Å². The number of rotatable bonds is 9. The average molecular weight is 288 g/mol. The zero-order valence-corrected chi connectivity index (χ0v) is 13.4. The minimum atomic E-state index is -2.40. The summed E-state index contributed by atoms with van der Waals surface area (Å²) in [4.78, 5) is 2.86. The molecule has 0 saturated heterocycles. The van der Waals surface area contributed by atoms with Crippen LogP contribution in [0, 0.1) is 0 Å². The zero-order chi connectivity index (χ0) is 14.4. The molecule has 1 aromatic rings. The van der Waals surface area contributed by atoms with Gasteiger partial charge in [-0.15, -0.1) is 0 Å². The Morgan fingerprint density at radius 1 is 0.947 bits per heavy atom. The molecule has 1 aromatic heterocycles. The zero-order valence-electron chi connectivity index (χ0n) is 12.4. The summed E-state index contributed by atoms with van der Waals surface area (Å²) in [5.74, 6) is 0. The maximum absolute atomic E-state index is 5.65. The number of nitrogens with two attached hydrogens (primary N) is 1. The Morgan fingerprint density at radius 3 is 1.68 bits per heavy atom. The molecule has 0 atom stereocenters. The second-order valence-corrected chi connectivity index (χ2v) is 6.49. The van der Waals surface area contributed by atoms with Gasteiger partial charge in [0, 0.05) is 38.3 Å². The van der Waals surface area contributed by atoms with Gasteiger partial charge in [-0.2, -0.15) is 0 Å². The van der Waals surface area contributed by atoms with E-state index in [0.717, 1.165) is 12.5 Å². The molecule has 0 bridgehead atoms. The second kappa shape index (κ2) is 12.4. The van der Waals surface area contributed by atoms with Crippen LogP contribution in [0.15, 0.2) is 24.5 Å². The molecule has 19 heavy (non-hydrogen) atoms. The van der Waals surface area contributed by atoms with Gasteiger partial charge >= 0.3 is 8.80 Å². The van der Waals surface area contributed by atoms with Gasteiger partial charge in [0.2, 0.25) is 0 Å². The summed E-state index contributed by atoms with van der Waals surface area (Å²) in [6, 6.07) is 4.71. The van der Waals surface area contributed by atoms with Crippen LogP contribution >= 0.6 is 0 Å². The first kappa shape index (κ1) is 18.3. The third-order valence-electron chi connectivity index (χ3n) is 2.28. The fourth-order valence-electron chi connectivity index (χ4n) is 1.60. The van der Waals surface area contributed by atoms with Crippen molar-refractivity contribution in [3.05, 3.63) is 24.5 Å². The molecule has 0 saturated carbocycles. The standard InChI is InChI=1S/C9H23NO3Si.C4H5N/c1-4-11-14(12-5-2,13-6-3)9-7-8-10;1-2-4-5-3-1/h4-10H2,1-3H3;1-5H. The SMILES string of the molecule is CCO[Si](CCCN)(OCC)OCC.c1cc[nH]c1. The Bertz CT molecular complexity index is 237. The van der Waals surface area contributed by atoms with E-state index in [1.54, 1.807) is 0 Å². The lowest BCUT2D eigenvalue weighted by molar-refractivity contribution is 0.0710. The number of aromatic amines is 1. The highest BCUT2D eigenvalue weighted by atomic mass is 28.4. The third kappa shape index (κ3) is 8.96. The number of hydrogen-bond acceptors (Lipinski definition) is 4. The highest BCUT2D eigenvalue weighted by Gasteiger charge is 2.39. The molecule has 0 amide bonds. The lowest BCUT2D eigenvalue weighted by Crippen LogP contribution is -2.46. The molecule has 0 unspecified atom stereocenters. The van der Waals surface area contributed by atoms with Crippen molar-refractivity contribution in [2.45, 2.75) is 33.2 Å². The van der Waals surface area contributed by atoms with Crippen LogP contribution in [0.2, 0.25) is 6.04 Å². The topological polar surface area (TPSA) is 69.5 Å². The van der Waals surface area contributed by atoms with Gasteiger partial charge in [0.1, 0.15) is 0 Å². The summed E-state index contributed by atoms with van der Waals surface area (Å²) >= 11 is 0. The largest absolute Gasteiger partial charge is 0.500 e. The van der Waals surface area contributed by atoms with Crippen LogP contribution in [-0.4, -0.2) is 40.2 Å². The Balaban J connectivity index is 0.000000532. The van der Waals surface area contributed by atoms with E-state index < -0.39 is 8.80 Å². The monoisotopic (exact) mass is 288 g/mol. The van der Waals surface area contributed by atoms with Crippen LogP contribution < -0.4 is 5.73 Å². The highest BCUT2D eigenvalue weighted by Crippen LogP contribution is 2.17. The lowest BCUT2D eigenvalue weighted by Gasteiger charge is -2.28. The van der Waals surface area contributed by atoms with Gasteiger partial charge < -0.3 is 24.0 Å². The van der Waals surface area contributed by atoms with E-state index in [9.17, 15) is 0 Å². The maximum Gasteiger partial charge on any atom is 0.500 e. The normalized spacial score (nSPS) is 10.9. The minimum Gasteiger partial charge on any atom is -0.374 e. The first-order chi connectivity index (χ1) is 9.24. The van der Waals surface area contributed by atoms with Crippen molar-refractivity contribution in [1.29, 1.82) is 0 Å². The second-order valence-electron chi connectivity index (χ2n) is 3.76. The van der Waals surface area contributed by atoms with E-state index in [2.05, 4.69) is 4.98 Å². The fourth-order valence-corrected chi connectivity index (χ4v) is 4.24. The highest BCUT2D eigenvalue weighted by molar-refractivity contribution is 6.60. The van der Waals surface area contributed by atoms with E-state index in [1.807, 2.05) is 45.3 Å². The van der Waals surface area contributed by atoms with Crippen molar-refractivity contribution in [1.82, 2.24) is 4.98 Å². The van der Waals surface area contributed by atoms with Crippen LogP contribution in [-0.2, 0) is 13.3 Å². The van der Waals surface area contributed by atoms with Crippen LogP contribution in [0.4, 0.5) is 0 Å². The molecule has 0 fully saturated rings. The van der Waals surface area contributed by atoms with Crippen molar-refractivity contribution >= 4 is 8.80 Å². The number of H-pyrrole nitrogens is 1. The molecule has 0 aliphatic heterocycles. The van der Waals surface area contributed by atoms with Gasteiger partial charge in [0.25, 0.3) is 0 Å². The molecule has 0 spiro atoms. The summed E-state index contributed by atoms with van der Waals surface area (Å²) in [7, 11) is -2.40. The fraction of sp³-hybridized carbons (Fsp3) is 0.692. The van der Waals surface area contributed by atoms with Crippen molar-refractivity contribution < 1.29 is 13.3 Å². The summed E-state index contributed by atoms with van der Waals surface area (Å²) in [5, 5.41) is 0. The van der Waals surface area contributed by atoms with Gasteiger partial charge in [0.05, 0.1) is 0 Å². The van der Waals surface area contributed by atoms with Gasteiger partial charge in [-0.3, -0.25) is 0 Å². The van der Waals surface area contributed by atoms with E-state index >= 15 is 0 Å². The Kier molecular flexibility index (Phi) is 11.9. The molecule has 112 valence electrons. The Labute approximate surface area is 117 Å². The Morgan fingerprint density at radius 2 is 1.42 bits per heavy atom. The minimum absolute atomic E-state index is 0.636. The smallest absolute Gasteiger partial charge is 0.374 e. The van der Waals surface area contributed by atoms with Crippen molar-refractivity contribution in [3.8, 4) is 0 Å². The van der Waals surface area contributed by atoms with E-state index in [0.29, 0.717) is 26.4 Å². The summed E-state index contributed by atoms with van der Waals surface area (Å²) in [5.41, 5.74) is 5.48. The van der Waals surface area contributed by atoms with Gasteiger partial charge in [-0.05, 0) is 45.9 Å². The van der Waals surface area contributed by atoms with Crippen LogP contribution in [0.25, 0.3) is 0 Å². The summed E-state index contributed by atoms with van der Waals surface area (Å²) in [6.45, 7) is 8.44. The van der Waals surface area contributed by atoms with Crippen molar-refractivity contribution in [3.63, 3.8) is 0 Å². The van der Waals surface area contributed by atoms with Gasteiger partial charge in [0.15, 0.2) is 0 Å².